The second kappa shape index (κ2) is 10.5. The van der Waals surface area contributed by atoms with Crippen molar-refractivity contribution in [2.24, 2.45) is 11.8 Å². The van der Waals surface area contributed by atoms with Crippen molar-refractivity contribution in [1.29, 1.82) is 0 Å². The van der Waals surface area contributed by atoms with E-state index in [1.807, 2.05) is 6.92 Å². The van der Waals surface area contributed by atoms with Crippen LogP contribution in [0.15, 0.2) is 25.3 Å². The summed E-state index contributed by atoms with van der Waals surface area (Å²) in [6, 6.07) is -1.32. The highest BCUT2D eigenvalue weighted by molar-refractivity contribution is 9.09. The van der Waals surface area contributed by atoms with Crippen LogP contribution >= 0.6 is 27.7 Å². The molecule has 3 aliphatic heterocycles. The number of halogens is 1. The van der Waals surface area contributed by atoms with Crippen LogP contribution in [-0.4, -0.2) is 85.4 Å². The number of aliphatic hydroxyl groups excluding tert-OH is 1. The van der Waals surface area contributed by atoms with Gasteiger partial charge in [-0.05, 0) is 26.7 Å². The Hall–Kier alpha value is -1.32. The predicted molar refractivity (Wildman–Crippen MR) is 133 cm³/mol. The van der Waals surface area contributed by atoms with Gasteiger partial charge in [-0.25, -0.2) is 0 Å². The van der Waals surface area contributed by atoms with Gasteiger partial charge in [0.2, 0.25) is 11.8 Å². The van der Waals surface area contributed by atoms with Gasteiger partial charge in [0.25, 0.3) is 0 Å². The molecule has 7 nitrogen and oxygen atoms in total. The van der Waals surface area contributed by atoms with Crippen LogP contribution < -0.4 is 0 Å². The lowest BCUT2D eigenvalue weighted by Gasteiger charge is -2.40. The Morgan fingerprint density at radius 1 is 1.39 bits per heavy atom. The maximum Gasteiger partial charge on any atom is 0.311 e. The number of alkyl halides is 1. The second-order valence-electron chi connectivity index (χ2n) is 9.28. The SMILES string of the molecule is C=CCOC(=O)[C@H]1[C@@H]2SC3(CC2Br)C(C(=O)N(CC=C)C(C)CCC)N([C@H](C)CO)C(=O)[C@H]13. The normalized spacial score (nSPS) is 34.0. The zero-order chi connectivity index (χ0) is 24.5. The molecule has 0 aromatic rings. The molecule has 0 aromatic carbocycles. The van der Waals surface area contributed by atoms with Crippen LogP contribution in [-0.2, 0) is 19.1 Å². The lowest BCUT2D eigenvalue weighted by molar-refractivity contribution is -0.153. The monoisotopic (exact) mass is 542 g/mol. The summed E-state index contributed by atoms with van der Waals surface area (Å²) < 4.78 is 4.63. The Balaban J connectivity index is 2.07. The van der Waals surface area contributed by atoms with Gasteiger partial charge < -0.3 is 19.6 Å². The molecule has 0 aromatic heterocycles. The van der Waals surface area contributed by atoms with Crippen LogP contribution in [0.2, 0.25) is 0 Å². The molecule has 1 N–H and O–H groups in total. The van der Waals surface area contributed by atoms with Crippen LogP contribution in [0.25, 0.3) is 0 Å². The average Bonchev–Trinajstić information content (AvgIpc) is 3.38. The zero-order valence-corrected chi connectivity index (χ0v) is 22.0. The summed E-state index contributed by atoms with van der Waals surface area (Å²) >= 11 is 5.30. The third-order valence-corrected chi connectivity index (χ3v) is 10.4. The summed E-state index contributed by atoms with van der Waals surface area (Å²) in [6.45, 7) is 13.5. The van der Waals surface area contributed by atoms with E-state index >= 15 is 0 Å². The average molecular weight is 544 g/mol. The van der Waals surface area contributed by atoms with Crippen LogP contribution in [0.4, 0.5) is 0 Å². The largest absolute Gasteiger partial charge is 0.461 e. The Labute approximate surface area is 209 Å². The first kappa shape index (κ1) is 26.3. The van der Waals surface area contributed by atoms with Gasteiger partial charge in [-0.1, -0.05) is 48.0 Å². The van der Waals surface area contributed by atoms with E-state index in [1.54, 1.807) is 34.6 Å². The molecule has 9 heteroatoms. The summed E-state index contributed by atoms with van der Waals surface area (Å²) in [4.78, 5) is 44.3. The molecule has 2 amide bonds. The van der Waals surface area contributed by atoms with E-state index in [0.717, 1.165) is 12.8 Å². The van der Waals surface area contributed by atoms with E-state index in [-0.39, 0.29) is 41.1 Å². The van der Waals surface area contributed by atoms with Gasteiger partial charge in [0.05, 0.1) is 29.2 Å². The van der Waals surface area contributed by atoms with Gasteiger partial charge in [-0.15, -0.1) is 18.3 Å². The molecular weight excluding hydrogens is 508 g/mol. The van der Waals surface area contributed by atoms with Crippen molar-refractivity contribution in [2.45, 2.75) is 73.0 Å². The number of hydrogen-bond acceptors (Lipinski definition) is 6. The van der Waals surface area contributed by atoms with Crippen molar-refractivity contribution in [3.8, 4) is 0 Å². The highest BCUT2D eigenvalue weighted by Gasteiger charge is 2.76. The fourth-order valence-corrected chi connectivity index (χ4v) is 9.35. The smallest absolute Gasteiger partial charge is 0.311 e. The lowest BCUT2D eigenvalue weighted by atomic mass is 9.71. The molecule has 0 saturated carbocycles. The van der Waals surface area contributed by atoms with E-state index in [9.17, 15) is 19.5 Å². The number of fused-ring (bicyclic) bond motifs is 1. The van der Waals surface area contributed by atoms with Gasteiger partial charge in [-0.3, -0.25) is 14.4 Å². The summed E-state index contributed by atoms with van der Waals surface area (Å²) in [5.74, 6) is -2.11. The molecule has 0 aliphatic carbocycles. The van der Waals surface area contributed by atoms with Crippen molar-refractivity contribution in [2.75, 3.05) is 19.8 Å². The van der Waals surface area contributed by atoms with Gasteiger partial charge in [0.15, 0.2) is 0 Å². The van der Waals surface area contributed by atoms with E-state index in [4.69, 9.17) is 4.74 Å². The maximum absolute atomic E-state index is 14.2. The quantitative estimate of drug-likeness (QED) is 0.245. The van der Waals surface area contributed by atoms with Gasteiger partial charge >= 0.3 is 5.97 Å². The molecule has 3 fully saturated rings. The van der Waals surface area contributed by atoms with Crippen molar-refractivity contribution < 1.29 is 24.2 Å². The van der Waals surface area contributed by atoms with Gasteiger partial charge in [0, 0.05) is 22.7 Å². The first-order valence-corrected chi connectivity index (χ1v) is 13.4. The number of carbonyl (C=O) groups excluding carboxylic acids is 3. The first-order valence-electron chi connectivity index (χ1n) is 11.6. The highest BCUT2D eigenvalue weighted by Crippen LogP contribution is 2.68. The van der Waals surface area contributed by atoms with Crippen molar-refractivity contribution >= 4 is 45.5 Å². The number of thioether (sulfide) groups is 1. The zero-order valence-electron chi connectivity index (χ0n) is 19.6. The second-order valence-corrected chi connectivity index (χ2v) is 12.0. The molecule has 3 heterocycles. The fourth-order valence-electron chi connectivity index (χ4n) is 5.77. The van der Waals surface area contributed by atoms with Crippen LogP contribution in [0.3, 0.4) is 0 Å². The molecule has 8 atom stereocenters. The number of amides is 2. The third-order valence-electron chi connectivity index (χ3n) is 7.16. The van der Waals surface area contributed by atoms with E-state index in [0.29, 0.717) is 13.0 Å². The Kier molecular flexibility index (Phi) is 8.38. The van der Waals surface area contributed by atoms with E-state index < -0.39 is 34.6 Å². The minimum Gasteiger partial charge on any atom is -0.461 e. The Morgan fingerprint density at radius 3 is 2.67 bits per heavy atom. The van der Waals surface area contributed by atoms with Crippen LogP contribution in [0, 0.1) is 11.8 Å². The number of esters is 1. The number of likely N-dealkylation sites (tertiary alicyclic amines) is 1. The Morgan fingerprint density at radius 2 is 2.09 bits per heavy atom. The topological polar surface area (TPSA) is 87.2 Å². The van der Waals surface area contributed by atoms with Crippen LogP contribution in [0.1, 0.15) is 40.0 Å². The maximum atomic E-state index is 14.2. The standard InChI is InChI=1S/C24H35BrN2O5S/c1-6-9-14(4)26(10-7-2)22(30)20-24-12-16(25)19(33-24)17(23(31)32-11-8-3)18(24)21(29)27(20)15(5)13-28/h7-8,14-20,28H,2-3,6,9-13H2,1,4-5H3/t14?,15-,16?,17-,18+,19-,20?,24?/m1/s1. The number of rotatable bonds is 11. The Bertz CT molecular complexity index is 810. The summed E-state index contributed by atoms with van der Waals surface area (Å²) in [5.41, 5.74) is 0. The molecule has 4 unspecified atom stereocenters. The van der Waals surface area contributed by atoms with Crippen LogP contribution in [0.5, 0.6) is 0 Å². The molecular formula is C24H35BrN2O5S. The first-order chi connectivity index (χ1) is 15.7. The summed E-state index contributed by atoms with van der Waals surface area (Å²) in [6.07, 6.45) is 5.56. The van der Waals surface area contributed by atoms with E-state index in [1.165, 1.54) is 6.08 Å². The molecule has 1 spiro atoms. The molecule has 2 bridgehead atoms. The summed E-state index contributed by atoms with van der Waals surface area (Å²) in [5, 5.41) is 9.81. The molecule has 0 radical (unpaired) electrons. The minimum atomic E-state index is -0.760. The van der Waals surface area contributed by atoms with E-state index in [2.05, 4.69) is 36.0 Å². The molecule has 3 aliphatic rings. The number of nitrogens with zero attached hydrogens (tertiary/aromatic N) is 2. The van der Waals surface area contributed by atoms with Crippen molar-refractivity contribution in [3.05, 3.63) is 25.3 Å². The number of ether oxygens (including phenoxy) is 1. The fraction of sp³-hybridized carbons (Fsp3) is 0.708. The van der Waals surface area contributed by atoms with Gasteiger partial charge in [0.1, 0.15) is 12.6 Å². The highest BCUT2D eigenvalue weighted by atomic mass is 79.9. The minimum absolute atomic E-state index is 0.0194. The summed E-state index contributed by atoms with van der Waals surface area (Å²) in [7, 11) is 0. The third kappa shape index (κ3) is 4.29. The van der Waals surface area contributed by atoms with Crippen molar-refractivity contribution in [3.63, 3.8) is 0 Å². The molecule has 3 rings (SSSR count). The predicted octanol–water partition coefficient (Wildman–Crippen LogP) is 2.76. The molecule has 33 heavy (non-hydrogen) atoms. The lowest BCUT2D eigenvalue weighted by Crippen LogP contribution is -2.58. The number of aliphatic hydroxyl groups is 1. The number of carbonyl (C=O) groups is 3. The van der Waals surface area contributed by atoms with Gasteiger partial charge in [-0.2, -0.15) is 0 Å². The molecule has 3 saturated heterocycles. The number of hydrogen-bond donors (Lipinski definition) is 1. The molecule has 184 valence electrons. The van der Waals surface area contributed by atoms with Crippen molar-refractivity contribution in [1.82, 2.24) is 9.80 Å².